The van der Waals surface area contributed by atoms with Crippen LogP contribution in [0.1, 0.15) is 73.0 Å². The number of hydrogen-bond acceptors (Lipinski definition) is 17. The van der Waals surface area contributed by atoms with E-state index >= 15 is 0 Å². The smallest absolute Gasteiger partial charge is 0.416 e. The van der Waals surface area contributed by atoms with Gasteiger partial charge in [0.25, 0.3) is 5.91 Å². The number of ether oxygens (including phenoxy) is 7. The average molecular weight is 1160 g/mol. The maximum Gasteiger partial charge on any atom is 0.416 e. The standard InChI is InChI=1S/C58H73F3N8O12S/c1-37(40-10-12-41(13-11-40)51-39(3)64-36-82-51)65-54(73)48-31-46(70)34-69(48)56(74)52(57(4,5)6)67-50(71)35-80-25-24-78-21-20-76-18-19-77-22-23-79-26-27-81-55-49(68-14-16-75-17-15-68)29-43(32-63-55)47-30-45(33-62-38(47)2)66-53(72)42-8-7-9-44(28-42)58(59,60)61/h7-13,28-30,32-33,36-37,46,48,52,70H,14-27,31,34-35H2,1-6H3,(H,65,73)(H,66,72)(H,67,71)/t37?,46-,48+,52?/m1/s1. The molecule has 0 aliphatic carbocycles. The molecule has 0 bridgehead atoms. The van der Waals surface area contributed by atoms with Crippen molar-refractivity contribution in [1.82, 2.24) is 30.5 Å². The molecule has 4 N–H and O–H groups in total. The molecular formula is C58H73F3N8O12S. The van der Waals surface area contributed by atoms with E-state index in [4.69, 9.17) is 33.2 Å². The van der Waals surface area contributed by atoms with Crippen LogP contribution in [0.2, 0.25) is 0 Å². The molecule has 2 aliphatic rings. The predicted molar refractivity (Wildman–Crippen MR) is 301 cm³/mol. The van der Waals surface area contributed by atoms with Gasteiger partial charge in [-0.05, 0) is 67.6 Å². The topological polar surface area (TPSA) is 234 Å². The minimum absolute atomic E-state index is 0.0415. The number of carbonyl (C=O) groups is 4. The Balaban J connectivity index is 0.741. The Bertz CT molecular complexity index is 2900. The van der Waals surface area contributed by atoms with Gasteiger partial charge in [-0.15, -0.1) is 11.3 Å². The zero-order valence-electron chi connectivity index (χ0n) is 47.1. The Morgan fingerprint density at radius 3 is 2.05 bits per heavy atom. The van der Waals surface area contributed by atoms with Crippen molar-refractivity contribution in [2.24, 2.45) is 5.41 Å². The fourth-order valence-corrected chi connectivity index (χ4v) is 9.94. The highest BCUT2D eigenvalue weighted by molar-refractivity contribution is 7.13. The molecule has 7 rings (SSSR count). The van der Waals surface area contributed by atoms with E-state index in [1.54, 1.807) is 36.0 Å². The molecule has 2 aliphatic heterocycles. The molecule has 82 heavy (non-hydrogen) atoms. The summed E-state index contributed by atoms with van der Waals surface area (Å²) in [5, 5.41) is 19.1. The lowest BCUT2D eigenvalue weighted by molar-refractivity contribution is -0.144. The van der Waals surface area contributed by atoms with E-state index in [-0.39, 0.29) is 64.2 Å². The number of carbonyl (C=O) groups excluding carboxylic acids is 4. The molecule has 4 atom stereocenters. The van der Waals surface area contributed by atoms with Gasteiger partial charge in [-0.1, -0.05) is 51.1 Å². The fourth-order valence-electron chi connectivity index (χ4n) is 9.12. The maximum absolute atomic E-state index is 14.0. The Labute approximate surface area is 479 Å². The van der Waals surface area contributed by atoms with Gasteiger partial charge in [-0.3, -0.25) is 24.2 Å². The van der Waals surface area contributed by atoms with E-state index in [1.807, 2.05) is 65.0 Å². The van der Waals surface area contributed by atoms with E-state index in [2.05, 4.69) is 35.8 Å². The quantitative estimate of drug-likeness (QED) is 0.0376. The van der Waals surface area contributed by atoms with Gasteiger partial charge >= 0.3 is 6.18 Å². The summed E-state index contributed by atoms with van der Waals surface area (Å²) in [5.41, 5.74) is 5.92. The maximum atomic E-state index is 14.0. The third kappa shape index (κ3) is 18.2. The fraction of sp³-hybridized carbons (Fsp3) is 0.500. The molecule has 2 unspecified atom stereocenters. The third-order valence-corrected chi connectivity index (χ3v) is 14.5. The Morgan fingerprint density at radius 2 is 1.43 bits per heavy atom. The SMILES string of the molecule is Cc1ncc(NC(=O)c2cccc(C(F)(F)F)c2)cc1-c1cnc(OCCOCCOCCOCCOCCOCC(=O)NC(C(=O)N2C[C@H](O)C[C@H]2C(=O)NC(C)c2ccc(-c3scnc3C)cc2)C(C)(C)C)c(N2CCOCC2)c1. The van der Waals surface area contributed by atoms with Crippen molar-refractivity contribution in [3.05, 3.63) is 107 Å². The van der Waals surface area contributed by atoms with Crippen molar-refractivity contribution < 1.29 is 70.6 Å². The monoisotopic (exact) mass is 1160 g/mol. The molecule has 4 amide bonds. The summed E-state index contributed by atoms with van der Waals surface area (Å²) in [4.78, 5) is 71.6. The van der Waals surface area contributed by atoms with E-state index in [0.29, 0.717) is 87.7 Å². The molecule has 0 saturated carbocycles. The number of anilines is 2. The zero-order valence-corrected chi connectivity index (χ0v) is 47.9. The number of benzene rings is 2. The highest BCUT2D eigenvalue weighted by atomic mass is 32.1. The van der Waals surface area contributed by atoms with Crippen molar-refractivity contribution >= 4 is 46.3 Å². The molecule has 2 aromatic carbocycles. The van der Waals surface area contributed by atoms with Crippen molar-refractivity contribution in [1.29, 1.82) is 0 Å². The van der Waals surface area contributed by atoms with Gasteiger partial charge in [0.15, 0.2) is 0 Å². The summed E-state index contributed by atoms with van der Waals surface area (Å²) < 4.78 is 79.6. The Kier molecular flexibility index (Phi) is 23.1. The van der Waals surface area contributed by atoms with Crippen LogP contribution < -0.4 is 25.6 Å². The van der Waals surface area contributed by atoms with E-state index < -0.39 is 59.0 Å². The molecular weight excluding hydrogens is 1090 g/mol. The Morgan fingerprint density at radius 1 is 0.780 bits per heavy atom. The van der Waals surface area contributed by atoms with Gasteiger partial charge in [0.2, 0.25) is 23.6 Å². The number of pyridine rings is 2. The van der Waals surface area contributed by atoms with Gasteiger partial charge < -0.3 is 64.0 Å². The average Bonchev–Trinajstić information content (AvgIpc) is 4.21. The summed E-state index contributed by atoms with van der Waals surface area (Å²) in [5.74, 6) is -1.68. The number of alkyl halides is 3. The van der Waals surface area contributed by atoms with Crippen LogP contribution in [0.25, 0.3) is 21.6 Å². The van der Waals surface area contributed by atoms with Crippen LogP contribution >= 0.6 is 11.3 Å². The summed E-state index contributed by atoms with van der Waals surface area (Å²) >= 11 is 1.56. The zero-order chi connectivity index (χ0) is 58.8. The van der Waals surface area contributed by atoms with Crippen molar-refractivity contribution in [2.45, 2.75) is 78.4 Å². The lowest BCUT2D eigenvalue weighted by Gasteiger charge is -2.35. The summed E-state index contributed by atoms with van der Waals surface area (Å²) in [6, 6.07) is 13.4. The number of nitrogens with zero attached hydrogens (tertiary/aromatic N) is 5. The number of morpholine rings is 1. The van der Waals surface area contributed by atoms with Gasteiger partial charge in [0, 0.05) is 54.6 Å². The minimum atomic E-state index is -4.59. The lowest BCUT2D eigenvalue weighted by Crippen LogP contribution is -2.58. The highest BCUT2D eigenvalue weighted by Gasteiger charge is 2.45. The van der Waals surface area contributed by atoms with Crippen LogP contribution in [-0.4, -0.2) is 172 Å². The number of aromatic nitrogens is 3. The van der Waals surface area contributed by atoms with Crippen molar-refractivity contribution in [3.63, 3.8) is 0 Å². The number of aliphatic hydroxyl groups excluding tert-OH is 1. The van der Waals surface area contributed by atoms with Crippen LogP contribution in [0.4, 0.5) is 24.5 Å². The number of hydrogen-bond donors (Lipinski definition) is 4. The first-order valence-corrected chi connectivity index (χ1v) is 28.0. The third-order valence-electron chi connectivity index (χ3n) is 13.5. The molecule has 3 aromatic heterocycles. The van der Waals surface area contributed by atoms with Crippen LogP contribution in [0, 0.1) is 19.3 Å². The first-order chi connectivity index (χ1) is 39.3. The van der Waals surface area contributed by atoms with E-state index in [9.17, 15) is 37.5 Å². The second-order valence-corrected chi connectivity index (χ2v) is 21.6. The number of aliphatic hydroxyl groups is 1. The summed E-state index contributed by atoms with van der Waals surface area (Å²) in [7, 11) is 0. The number of nitrogens with one attached hydrogen (secondary N) is 3. The van der Waals surface area contributed by atoms with Crippen LogP contribution in [0.5, 0.6) is 5.88 Å². The van der Waals surface area contributed by atoms with E-state index in [1.165, 1.54) is 23.2 Å². The number of aryl methyl sites for hydroxylation is 2. The van der Waals surface area contributed by atoms with Crippen molar-refractivity contribution in [2.75, 3.05) is 116 Å². The minimum Gasteiger partial charge on any atom is -0.474 e. The van der Waals surface area contributed by atoms with Gasteiger partial charge in [-0.25, -0.2) is 9.97 Å². The first kappa shape index (κ1) is 63.0. The lowest BCUT2D eigenvalue weighted by atomic mass is 9.85. The van der Waals surface area contributed by atoms with Crippen LogP contribution in [-0.2, 0) is 49.0 Å². The number of rotatable bonds is 28. The van der Waals surface area contributed by atoms with Gasteiger partial charge in [0.05, 0.1) is 118 Å². The summed E-state index contributed by atoms with van der Waals surface area (Å²) in [6.45, 7) is 15.7. The molecule has 5 heterocycles. The van der Waals surface area contributed by atoms with Crippen LogP contribution in [0.3, 0.4) is 0 Å². The van der Waals surface area contributed by atoms with Crippen molar-refractivity contribution in [3.8, 4) is 27.4 Å². The molecule has 20 nitrogen and oxygen atoms in total. The number of halogens is 3. The molecule has 5 aromatic rings. The number of thiazole rings is 1. The molecule has 0 radical (unpaired) electrons. The highest BCUT2D eigenvalue weighted by Crippen LogP contribution is 2.35. The number of β-amino-alcohol motifs (C(OH)–C–C–N with tert-alkyl or cyclic N) is 1. The molecule has 0 spiro atoms. The number of amides is 4. The van der Waals surface area contributed by atoms with E-state index in [0.717, 1.165) is 39.5 Å². The molecule has 444 valence electrons. The molecule has 2 saturated heterocycles. The second kappa shape index (κ2) is 30.1. The summed E-state index contributed by atoms with van der Waals surface area (Å²) in [6.07, 6.45) is -2.34. The van der Waals surface area contributed by atoms with Crippen LogP contribution in [0.15, 0.2) is 78.6 Å². The molecule has 2 fully saturated rings. The Hall–Kier alpha value is -6.64. The molecule has 24 heteroatoms. The predicted octanol–water partition coefficient (Wildman–Crippen LogP) is 6.82. The largest absolute Gasteiger partial charge is 0.474 e. The second-order valence-electron chi connectivity index (χ2n) is 20.8. The van der Waals surface area contributed by atoms with Gasteiger partial charge in [0.1, 0.15) is 31.0 Å². The normalized spacial score (nSPS) is 16.4. The number of likely N-dealkylation sites (tertiary alicyclic amines) is 1. The first-order valence-electron chi connectivity index (χ1n) is 27.2. The van der Waals surface area contributed by atoms with Gasteiger partial charge in [-0.2, -0.15) is 13.2 Å².